The van der Waals surface area contributed by atoms with Crippen LogP contribution in [0.3, 0.4) is 0 Å². The molecule has 0 spiro atoms. The molecule has 1 aliphatic heterocycles. The van der Waals surface area contributed by atoms with E-state index in [-0.39, 0.29) is 5.91 Å². The number of amides is 1. The maximum Gasteiger partial charge on any atom is 0.235 e. The van der Waals surface area contributed by atoms with E-state index in [0.717, 1.165) is 55.1 Å². The minimum absolute atomic E-state index is 0.114. The van der Waals surface area contributed by atoms with Gasteiger partial charge in [-0.25, -0.2) is 0 Å². The molecule has 166 valence electrons. The van der Waals surface area contributed by atoms with Crippen molar-refractivity contribution in [3.8, 4) is 5.75 Å². The van der Waals surface area contributed by atoms with Gasteiger partial charge in [-0.15, -0.1) is 0 Å². The summed E-state index contributed by atoms with van der Waals surface area (Å²) in [5, 5.41) is 3.18. The van der Waals surface area contributed by atoms with Crippen molar-refractivity contribution in [1.82, 2.24) is 4.90 Å². The van der Waals surface area contributed by atoms with E-state index in [1.165, 1.54) is 31.5 Å². The number of hydrogen-bond donors (Lipinski definition) is 1. The highest BCUT2D eigenvalue weighted by atomic mass is 16.5. The fraction of sp³-hybridized carbons (Fsp3) is 0.519. The zero-order chi connectivity index (χ0) is 21.7. The molecular formula is C27H36N2O2. The molecule has 4 rings (SSSR count). The van der Waals surface area contributed by atoms with E-state index < -0.39 is 5.41 Å². The average molecular weight is 421 g/mol. The molecule has 1 N–H and O–H groups in total. The van der Waals surface area contributed by atoms with Crippen molar-refractivity contribution in [2.24, 2.45) is 5.92 Å². The largest absolute Gasteiger partial charge is 0.492 e. The van der Waals surface area contributed by atoms with Crippen molar-refractivity contribution in [2.75, 3.05) is 31.6 Å². The second kappa shape index (κ2) is 9.86. The lowest BCUT2D eigenvalue weighted by Crippen LogP contribution is -2.38. The number of nitrogens with one attached hydrogen (secondary N) is 1. The fourth-order valence-electron chi connectivity index (χ4n) is 5.24. The molecule has 1 saturated heterocycles. The van der Waals surface area contributed by atoms with Gasteiger partial charge in [0.1, 0.15) is 12.4 Å². The average Bonchev–Trinajstić information content (AvgIpc) is 3.27. The molecule has 0 bridgehead atoms. The van der Waals surface area contributed by atoms with Crippen LogP contribution in [0.1, 0.15) is 56.6 Å². The molecule has 1 saturated carbocycles. The predicted octanol–water partition coefficient (Wildman–Crippen LogP) is 5.56. The Hall–Kier alpha value is -2.33. The van der Waals surface area contributed by atoms with Gasteiger partial charge in [-0.2, -0.15) is 0 Å². The second-order valence-corrected chi connectivity index (χ2v) is 9.53. The monoisotopic (exact) mass is 420 g/mol. The highest BCUT2D eigenvalue weighted by Gasteiger charge is 2.42. The number of carbonyl (C=O) groups excluding carboxylic acids is 1. The lowest BCUT2D eigenvalue weighted by atomic mass is 9.77. The summed E-state index contributed by atoms with van der Waals surface area (Å²) in [4.78, 5) is 15.9. The third-order valence-corrected chi connectivity index (χ3v) is 6.99. The Kier molecular flexibility index (Phi) is 6.96. The van der Waals surface area contributed by atoms with Crippen LogP contribution < -0.4 is 10.1 Å². The van der Waals surface area contributed by atoms with Gasteiger partial charge in [-0.1, -0.05) is 49.6 Å². The lowest BCUT2D eigenvalue weighted by Gasteiger charge is -2.30. The maximum absolute atomic E-state index is 13.4. The van der Waals surface area contributed by atoms with Crippen molar-refractivity contribution in [2.45, 2.75) is 57.8 Å². The number of aryl methyl sites for hydroxylation is 1. The number of piperidine rings is 1. The van der Waals surface area contributed by atoms with Crippen LogP contribution in [0.15, 0.2) is 48.5 Å². The van der Waals surface area contributed by atoms with Crippen molar-refractivity contribution < 1.29 is 9.53 Å². The van der Waals surface area contributed by atoms with Gasteiger partial charge in [0.05, 0.1) is 5.41 Å². The van der Waals surface area contributed by atoms with Crippen molar-refractivity contribution >= 4 is 11.6 Å². The molecule has 1 aliphatic carbocycles. The second-order valence-electron chi connectivity index (χ2n) is 9.53. The number of likely N-dealkylation sites (tertiary alicyclic amines) is 1. The van der Waals surface area contributed by atoms with Gasteiger partial charge >= 0.3 is 0 Å². The smallest absolute Gasteiger partial charge is 0.235 e. The van der Waals surface area contributed by atoms with E-state index in [0.29, 0.717) is 6.61 Å². The number of ether oxygens (including phenoxy) is 1. The molecule has 31 heavy (non-hydrogen) atoms. The quantitative estimate of drug-likeness (QED) is 0.638. The van der Waals surface area contributed by atoms with E-state index >= 15 is 0 Å². The number of anilines is 1. The Labute approximate surface area is 187 Å². The summed E-state index contributed by atoms with van der Waals surface area (Å²) in [7, 11) is 0. The number of hydrogen-bond acceptors (Lipinski definition) is 3. The number of benzene rings is 2. The SMILES string of the molecule is Cc1cccc(C2(C(=O)Nc3ccc(OCCN4CCC[C@H](C)C4)cc3)CCCC2)c1. The Morgan fingerprint density at radius 2 is 1.90 bits per heavy atom. The molecule has 2 aliphatic rings. The van der Waals surface area contributed by atoms with Crippen LogP contribution in [0.5, 0.6) is 5.75 Å². The molecule has 2 aromatic carbocycles. The molecule has 4 heteroatoms. The summed E-state index contributed by atoms with van der Waals surface area (Å²) in [6, 6.07) is 16.3. The summed E-state index contributed by atoms with van der Waals surface area (Å²) in [5.74, 6) is 1.76. The molecule has 4 nitrogen and oxygen atoms in total. The number of carbonyl (C=O) groups is 1. The van der Waals surface area contributed by atoms with E-state index in [1.807, 2.05) is 24.3 Å². The van der Waals surface area contributed by atoms with Gasteiger partial charge < -0.3 is 10.1 Å². The predicted molar refractivity (Wildman–Crippen MR) is 127 cm³/mol. The fourth-order valence-corrected chi connectivity index (χ4v) is 5.24. The van der Waals surface area contributed by atoms with Gasteiger partial charge in [-0.3, -0.25) is 9.69 Å². The summed E-state index contributed by atoms with van der Waals surface area (Å²) in [5.41, 5.74) is 2.78. The first-order valence-electron chi connectivity index (χ1n) is 11.9. The first-order valence-corrected chi connectivity index (χ1v) is 11.9. The topological polar surface area (TPSA) is 41.6 Å². The number of nitrogens with zero attached hydrogens (tertiary/aromatic N) is 1. The Morgan fingerprint density at radius 3 is 2.61 bits per heavy atom. The molecule has 2 fully saturated rings. The summed E-state index contributed by atoms with van der Waals surface area (Å²) in [6.07, 6.45) is 6.67. The zero-order valence-electron chi connectivity index (χ0n) is 19.0. The highest BCUT2D eigenvalue weighted by molar-refractivity contribution is 5.99. The third-order valence-electron chi connectivity index (χ3n) is 6.99. The normalized spacial score (nSPS) is 21.0. The number of rotatable bonds is 7. The minimum Gasteiger partial charge on any atom is -0.492 e. The molecule has 1 atom stereocenters. The Balaban J connectivity index is 1.34. The highest BCUT2D eigenvalue weighted by Crippen LogP contribution is 2.42. The van der Waals surface area contributed by atoms with Crippen LogP contribution in [0, 0.1) is 12.8 Å². The van der Waals surface area contributed by atoms with E-state index in [2.05, 4.69) is 48.3 Å². The Morgan fingerprint density at radius 1 is 1.13 bits per heavy atom. The minimum atomic E-state index is -0.410. The summed E-state index contributed by atoms with van der Waals surface area (Å²) >= 11 is 0. The zero-order valence-corrected chi connectivity index (χ0v) is 19.0. The molecule has 0 unspecified atom stereocenters. The van der Waals surface area contributed by atoms with Crippen molar-refractivity contribution in [1.29, 1.82) is 0 Å². The van der Waals surface area contributed by atoms with Crippen molar-refractivity contribution in [3.05, 3.63) is 59.7 Å². The molecule has 1 heterocycles. The maximum atomic E-state index is 13.4. The van der Waals surface area contributed by atoms with E-state index in [1.54, 1.807) is 0 Å². The molecular weight excluding hydrogens is 384 g/mol. The molecule has 0 aromatic heterocycles. The van der Waals surface area contributed by atoms with E-state index in [4.69, 9.17) is 4.74 Å². The molecule has 1 amide bonds. The van der Waals surface area contributed by atoms with Gasteiger partial charge in [-0.05, 0) is 74.9 Å². The van der Waals surface area contributed by atoms with Crippen LogP contribution in [-0.4, -0.2) is 37.0 Å². The van der Waals surface area contributed by atoms with Crippen LogP contribution in [0.4, 0.5) is 5.69 Å². The van der Waals surface area contributed by atoms with E-state index in [9.17, 15) is 4.79 Å². The first-order chi connectivity index (χ1) is 15.0. The van der Waals surface area contributed by atoms with Crippen LogP contribution >= 0.6 is 0 Å². The summed E-state index contributed by atoms with van der Waals surface area (Å²) in [6.45, 7) is 8.46. The van der Waals surface area contributed by atoms with Crippen LogP contribution in [0.25, 0.3) is 0 Å². The van der Waals surface area contributed by atoms with Gasteiger partial charge in [0, 0.05) is 18.8 Å². The molecule has 0 radical (unpaired) electrons. The van der Waals surface area contributed by atoms with Gasteiger partial charge in [0.2, 0.25) is 5.91 Å². The van der Waals surface area contributed by atoms with Gasteiger partial charge in [0.25, 0.3) is 0 Å². The molecule has 2 aromatic rings. The van der Waals surface area contributed by atoms with Gasteiger partial charge in [0.15, 0.2) is 0 Å². The lowest BCUT2D eigenvalue weighted by molar-refractivity contribution is -0.121. The summed E-state index contributed by atoms with van der Waals surface area (Å²) < 4.78 is 5.95. The first kappa shape index (κ1) is 21.9. The van der Waals surface area contributed by atoms with Crippen molar-refractivity contribution in [3.63, 3.8) is 0 Å². The third kappa shape index (κ3) is 5.30. The Bertz CT molecular complexity index is 871. The standard InChI is InChI=1S/C27H36N2O2/c1-21-7-5-9-23(19-21)27(14-3-4-15-27)26(30)28-24-10-12-25(13-11-24)31-18-17-29-16-6-8-22(2)20-29/h5,7,9-13,19,22H,3-4,6,8,14-18,20H2,1-2H3,(H,28,30)/t22-/m0/s1. The van der Waals surface area contributed by atoms with Crippen LogP contribution in [-0.2, 0) is 10.2 Å². The van der Waals surface area contributed by atoms with Crippen LogP contribution in [0.2, 0.25) is 0 Å².